The standard InChI is InChI=1S/C24H18N4O4S/c1-31-18-11-10-14(24-26-17-8-4-5-9-20(17)33-24)12-19(18)32-13-21(29)27-28-22-15-6-2-3-7-16(15)25-23(22)30/h2-12,25,30H,13H2,1H3. The van der Waals surface area contributed by atoms with Crippen LogP contribution < -0.4 is 9.47 Å². The van der Waals surface area contributed by atoms with Crippen molar-refractivity contribution in [3.63, 3.8) is 0 Å². The van der Waals surface area contributed by atoms with E-state index < -0.39 is 5.91 Å². The van der Waals surface area contributed by atoms with Crippen molar-refractivity contribution in [2.75, 3.05) is 13.7 Å². The highest BCUT2D eigenvalue weighted by Crippen LogP contribution is 2.37. The van der Waals surface area contributed by atoms with E-state index >= 15 is 0 Å². The first kappa shape index (κ1) is 20.7. The van der Waals surface area contributed by atoms with Crippen molar-refractivity contribution >= 4 is 44.1 Å². The van der Waals surface area contributed by atoms with E-state index in [-0.39, 0.29) is 18.2 Å². The fraction of sp³-hybridized carbons (Fsp3) is 0.0833. The zero-order valence-corrected chi connectivity index (χ0v) is 18.3. The highest BCUT2D eigenvalue weighted by atomic mass is 32.1. The molecule has 2 heterocycles. The quantitative estimate of drug-likeness (QED) is 0.310. The van der Waals surface area contributed by atoms with Gasteiger partial charge in [0.1, 0.15) is 5.01 Å². The monoisotopic (exact) mass is 458 g/mol. The SMILES string of the molecule is COc1ccc(-c2nc3ccccc3s2)cc1OCC(=O)N=Nc1c(O)[nH]c2ccccc12. The van der Waals surface area contributed by atoms with Crippen LogP contribution in [0.4, 0.5) is 5.69 Å². The summed E-state index contributed by atoms with van der Waals surface area (Å²) in [4.78, 5) is 19.8. The highest BCUT2D eigenvalue weighted by molar-refractivity contribution is 7.21. The fourth-order valence-electron chi connectivity index (χ4n) is 3.41. The fourth-order valence-corrected chi connectivity index (χ4v) is 4.37. The van der Waals surface area contributed by atoms with E-state index in [1.807, 2.05) is 42.5 Å². The number of nitrogens with one attached hydrogen (secondary N) is 1. The second kappa shape index (κ2) is 8.71. The number of amides is 1. The highest BCUT2D eigenvalue weighted by Gasteiger charge is 2.14. The van der Waals surface area contributed by atoms with Crippen LogP contribution in [-0.4, -0.2) is 34.7 Å². The minimum absolute atomic E-state index is 0.154. The molecule has 5 aromatic rings. The average Bonchev–Trinajstić information content (AvgIpc) is 3.41. The van der Waals surface area contributed by atoms with Gasteiger partial charge < -0.3 is 19.6 Å². The van der Waals surface area contributed by atoms with E-state index in [1.54, 1.807) is 35.6 Å². The summed E-state index contributed by atoms with van der Waals surface area (Å²) in [5, 5.41) is 19.1. The molecule has 0 radical (unpaired) electrons. The topological polar surface area (TPSA) is 109 Å². The molecule has 3 aromatic carbocycles. The minimum Gasteiger partial charge on any atom is -0.493 e. The van der Waals surface area contributed by atoms with Crippen LogP contribution in [-0.2, 0) is 4.79 Å². The lowest BCUT2D eigenvalue weighted by molar-refractivity contribution is -0.120. The molecule has 0 aliphatic carbocycles. The molecule has 33 heavy (non-hydrogen) atoms. The summed E-state index contributed by atoms with van der Waals surface area (Å²) in [5.41, 5.74) is 2.68. The summed E-state index contributed by atoms with van der Waals surface area (Å²) in [6.07, 6.45) is 0. The van der Waals surface area contributed by atoms with Gasteiger partial charge in [0.25, 0.3) is 0 Å². The number of methoxy groups -OCH3 is 1. The van der Waals surface area contributed by atoms with Gasteiger partial charge in [-0.05, 0) is 36.4 Å². The number of carbonyl (C=O) groups is 1. The number of aromatic nitrogens is 2. The molecular formula is C24H18N4O4S. The first-order chi connectivity index (χ1) is 16.1. The van der Waals surface area contributed by atoms with Crippen molar-refractivity contribution in [2.24, 2.45) is 10.2 Å². The number of hydrogen-bond donors (Lipinski definition) is 2. The predicted octanol–water partition coefficient (Wildman–Crippen LogP) is 5.85. The number of ether oxygens (including phenoxy) is 2. The van der Waals surface area contributed by atoms with Crippen molar-refractivity contribution < 1.29 is 19.4 Å². The first-order valence-corrected chi connectivity index (χ1v) is 10.8. The van der Waals surface area contributed by atoms with Crippen molar-refractivity contribution in [3.8, 4) is 28.0 Å². The van der Waals surface area contributed by atoms with Gasteiger partial charge in [0.15, 0.2) is 23.8 Å². The normalized spacial score (nSPS) is 11.4. The molecular weight excluding hydrogens is 440 g/mol. The number of carbonyl (C=O) groups excluding carboxylic acids is 1. The number of H-pyrrole nitrogens is 1. The molecule has 0 saturated carbocycles. The molecule has 2 aromatic heterocycles. The number of aromatic hydroxyl groups is 1. The van der Waals surface area contributed by atoms with Crippen LogP contribution in [0.1, 0.15) is 0 Å². The second-order valence-corrected chi connectivity index (χ2v) is 8.13. The van der Waals surface area contributed by atoms with Gasteiger partial charge in [-0.3, -0.25) is 4.79 Å². The Hall–Kier alpha value is -4.24. The van der Waals surface area contributed by atoms with Gasteiger partial charge in [-0.25, -0.2) is 4.98 Å². The summed E-state index contributed by atoms with van der Waals surface area (Å²) in [5.74, 6) is 0.123. The van der Waals surface area contributed by atoms with Gasteiger partial charge >= 0.3 is 5.91 Å². The molecule has 164 valence electrons. The van der Waals surface area contributed by atoms with E-state index in [2.05, 4.69) is 20.2 Å². The zero-order valence-electron chi connectivity index (χ0n) is 17.5. The number of rotatable bonds is 6. The minimum atomic E-state index is -0.605. The van der Waals surface area contributed by atoms with E-state index in [0.29, 0.717) is 22.4 Å². The predicted molar refractivity (Wildman–Crippen MR) is 127 cm³/mol. The Morgan fingerprint density at radius 1 is 1.09 bits per heavy atom. The smallest absolute Gasteiger partial charge is 0.302 e. The van der Waals surface area contributed by atoms with Gasteiger partial charge in [-0.15, -0.1) is 21.6 Å². The van der Waals surface area contributed by atoms with E-state index in [0.717, 1.165) is 20.8 Å². The Labute approximate surface area is 192 Å². The van der Waals surface area contributed by atoms with E-state index in [4.69, 9.17) is 9.47 Å². The third-order valence-corrected chi connectivity index (χ3v) is 6.06. The third kappa shape index (κ3) is 4.13. The molecule has 0 atom stereocenters. The Kier molecular flexibility index (Phi) is 5.45. The van der Waals surface area contributed by atoms with Crippen LogP contribution in [0.25, 0.3) is 31.7 Å². The Bertz CT molecular complexity index is 1470. The largest absolute Gasteiger partial charge is 0.493 e. The Morgan fingerprint density at radius 3 is 2.76 bits per heavy atom. The van der Waals surface area contributed by atoms with Gasteiger partial charge in [-0.2, -0.15) is 0 Å². The molecule has 0 aliphatic rings. The van der Waals surface area contributed by atoms with Gasteiger partial charge in [0.2, 0.25) is 5.88 Å². The molecule has 2 N–H and O–H groups in total. The van der Waals surface area contributed by atoms with Crippen molar-refractivity contribution in [1.82, 2.24) is 9.97 Å². The van der Waals surface area contributed by atoms with E-state index in [9.17, 15) is 9.90 Å². The number of fused-ring (bicyclic) bond motifs is 2. The third-order valence-electron chi connectivity index (χ3n) is 4.98. The van der Waals surface area contributed by atoms with Gasteiger partial charge in [0, 0.05) is 10.9 Å². The van der Waals surface area contributed by atoms with Crippen LogP contribution >= 0.6 is 11.3 Å². The molecule has 0 spiro atoms. The van der Waals surface area contributed by atoms with Crippen molar-refractivity contribution in [2.45, 2.75) is 0 Å². The Morgan fingerprint density at radius 2 is 1.91 bits per heavy atom. The molecule has 1 amide bonds. The van der Waals surface area contributed by atoms with Crippen molar-refractivity contribution in [3.05, 3.63) is 66.7 Å². The second-order valence-electron chi connectivity index (χ2n) is 7.10. The van der Waals surface area contributed by atoms with E-state index in [1.165, 1.54) is 7.11 Å². The first-order valence-electron chi connectivity index (χ1n) is 10.0. The molecule has 0 bridgehead atoms. The number of nitrogens with zero attached hydrogens (tertiary/aromatic N) is 3. The Balaban J connectivity index is 1.34. The molecule has 0 fully saturated rings. The maximum absolute atomic E-state index is 12.3. The lowest BCUT2D eigenvalue weighted by Gasteiger charge is -2.10. The molecule has 9 heteroatoms. The number of para-hydroxylation sites is 2. The summed E-state index contributed by atoms with van der Waals surface area (Å²) in [6, 6.07) is 20.6. The maximum atomic E-state index is 12.3. The van der Waals surface area contributed by atoms with Gasteiger partial charge in [-0.1, -0.05) is 30.3 Å². The maximum Gasteiger partial charge on any atom is 0.302 e. The summed E-state index contributed by atoms with van der Waals surface area (Å²) < 4.78 is 12.1. The van der Waals surface area contributed by atoms with Crippen molar-refractivity contribution in [1.29, 1.82) is 0 Å². The molecule has 0 unspecified atom stereocenters. The lowest BCUT2D eigenvalue weighted by Crippen LogP contribution is -2.08. The molecule has 0 aliphatic heterocycles. The van der Waals surface area contributed by atoms with Crippen LogP contribution in [0, 0.1) is 0 Å². The number of hydrogen-bond acceptors (Lipinski definition) is 7. The summed E-state index contributed by atoms with van der Waals surface area (Å²) in [6.45, 7) is -0.341. The van der Waals surface area contributed by atoms with Crippen LogP contribution in [0.15, 0.2) is 77.0 Å². The van der Waals surface area contributed by atoms with Crippen LogP contribution in [0.5, 0.6) is 17.4 Å². The number of aromatic amines is 1. The number of azo groups is 1. The average molecular weight is 458 g/mol. The number of benzene rings is 3. The number of thiazole rings is 1. The van der Waals surface area contributed by atoms with Crippen LogP contribution in [0.3, 0.4) is 0 Å². The summed E-state index contributed by atoms with van der Waals surface area (Å²) >= 11 is 1.57. The van der Waals surface area contributed by atoms with Crippen LogP contribution in [0.2, 0.25) is 0 Å². The zero-order chi connectivity index (χ0) is 22.8. The molecule has 0 saturated heterocycles. The molecule has 5 rings (SSSR count). The lowest BCUT2D eigenvalue weighted by atomic mass is 10.2. The molecule has 8 nitrogen and oxygen atoms in total. The summed E-state index contributed by atoms with van der Waals surface area (Å²) in [7, 11) is 1.53. The van der Waals surface area contributed by atoms with Gasteiger partial charge in [0.05, 0.1) is 22.8 Å².